The van der Waals surface area contributed by atoms with Crippen molar-refractivity contribution in [1.82, 2.24) is 0 Å². The quantitative estimate of drug-likeness (QED) is 0.420. The normalized spacial score (nSPS) is 14.2. The highest BCUT2D eigenvalue weighted by Gasteiger charge is 2.28. The molecule has 0 N–H and O–H groups in total. The number of carbonyl (C=O) groups excluding carboxylic acids is 2. The summed E-state index contributed by atoms with van der Waals surface area (Å²) in [7, 11) is 0. The van der Waals surface area contributed by atoms with Crippen LogP contribution in [0.4, 0.5) is 0 Å². The first-order valence-electron chi connectivity index (χ1n) is 7.87. The summed E-state index contributed by atoms with van der Waals surface area (Å²) in [4.78, 5) is 24.3. The molecule has 23 heavy (non-hydrogen) atoms. The molecule has 0 amide bonds. The van der Waals surface area contributed by atoms with Crippen molar-refractivity contribution >= 4 is 18.2 Å². The number of hydrogen-bond acceptors (Lipinski definition) is 4. The fraction of sp³-hybridized carbons (Fsp3) is 0.389. The van der Waals surface area contributed by atoms with E-state index in [-0.39, 0.29) is 6.54 Å². The van der Waals surface area contributed by atoms with Crippen molar-refractivity contribution in [3.8, 4) is 0 Å². The molecule has 2 rings (SSSR count). The summed E-state index contributed by atoms with van der Waals surface area (Å²) >= 11 is 0. The van der Waals surface area contributed by atoms with Crippen molar-refractivity contribution in [2.24, 2.45) is 0 Å². The SMILES string of the molecule is CCCCOC(=O)C(OC(=O)C[N+]1=CCC=C1)c1ccccc1. The van der Waals surface area contributed by atoms with E-state index in [9.17, 15) is 9.59 Å². The van der Waals surface area contributed by atoms with Crippen LogP contribution in [0.3, 0.4) is 0 Å². The van der Waals surface area contributed by atoms with Gasteiger partial charge in [-0.2, -0.15) is 4.58 Å². The molecule has 1 aromatic rings. The minimum Gasteiger partial charge on any atom is -0.463 e. The van der Waals surface area contributed by atoms with Gasteiger partial charge in [0.1, 0.15) is 6.21 Å². The predicted octanol–water partition coefficient (Wildman–Crippen LogP) is 2.61. The number of nitrogens with zero attached hydrogens (tertiary/aromatic N) is 1. The molecule has 5 heteroatoms. The monoisotopic (exact) mass is 316 g/mol. The van der Waals surface area contributed by atoms with Crippen LogP contribution < -0.4 is 0 Å². The molecule has 122 valence electrons. The maximum absolute atomic E-state index is 12.3. The van der Waals surface area contributed by atoms with Crippen molar-refractivity contribution in [2.45, 2.75) is 32.3 Å². The van der Waals surface area contributed by atoms with Crippen LogP contribution in [0.15, 0.2) is 42.6 Å². The lowest BCUT2D eigenvalue weighted by atomic mass is 10.1. The molecular formula is C18H22NO4+. The number of ether oxygens (including phenoxy) is 2. The summed E-state index contributed by atoms with van der Waals surface area (Å²) in [6.07, 6.45) is 7.15. The average molecular weight is 316 g/mol. The highest BCUT2D eigenvalue weighted by molar-refractivity contribution is 5.81. The highest BCUT2D eigenvalue weighted by Crippen LogP contribution is 2.19. The Morgan fingerprint density at radius 2 is 2.04 bits per heavy atom. The van der Waals surface area contributed by atoms with E-state index in [1.807, 2.05) is 31.5 Å². The second-order valence-electron chi connectivity index (χ2n) is 5.28. The Morgan fingerprint density at radius 1 is 1.26 bits per heavy atom. The smallest absolute Gasteiger partial charge is 0.373 e. The van der Waals surface area contributed by atoms with Gasteiger partial charge in [-0.05, 0) is 12.5 Å². The summed E-state index contributed by atoms with van der Waals surface area (Å²) in [5.74, 6) is -0.993. The fourth-order valence-corrected chi connectivity index (χ4v) is 2.16. The van der Waals surface area contributed by atoms with Gasteiger partial charge in [-0.3, -0.25) is 0 Å². The molecule has 0 radical (unpaired) electrons. The van der Waals surface area contributed by atoms with E-state index in [4.69, 9.17) is 9.47 Å². The summed E-state index contributed by atoms with van der Waals surface area (Å²) in [6, 6.07) is 8.94. The van der Waals surface area contributed by atoms with Crippen molar-refractivity contribution in [3.63, 3.8) is 0 Å². The Morgan fingerprint density at radius 3 is 2.70 bits per heavy atom. The zero-order valence-electron chi connectivity index (χ0n) is 13.3. The first-order valence-corrected chi connectivity index (χ1v) is 7.87. The van der Waals surface area contributed by atoms with Gasteiger partial charge in [0.2, 0.25) is 12.6 Å². The maximum Gasteiger partial charge on any atom is 0.373 e. The second-order valence-corrected chi connectivity index (χ2v) is 5.28. The minimum absolute atomic E-state index is 0.0854. The van der Waals surface area contributed by atoms with Crippen LogP contribution in [0.1, 0.15) is 37.9 Å². The summed E-state index contributed by atoms with van der Waals surface area (Å²) in [5, 5.41) is 0. The largest absolute Gasteiger partial charge is 0.463 e. The molecule has 0 fully saturated rings. The third-order valence-electron chi connectivity index (χ3n) is 3.39. The molecular weight excluding hydrogens is 294 g/mol. The zero-order valence-corrected chi connectivity index (χ0v) is 13.3. The van der Waals surface area contributed by atoms with Gasteiger partial charge < -0.3 is 9.47 Å². The second kappa shape index (κ2) is 8.88. The van der Waals surface area contributed by atoms with Gasteiger partial charge in [-0.15, -0.1) is 0 Å². The van der Waals surface area contributed by atoms with Crippen molar-refractivity contribution in [1.29, 1.82) is 0 Å². The van der Waals surface area contributed by atoms with Gasteiger partial charge in [0.25, 0.3) is 0 Å². The molecule has 5 nitrogen and oxygen atoms in total. The molecule has 0 aromatic heterocycles. The average Bonchev–Trinajstić information content (AvgIpc) is 3.06. The number of carbonyl (C=O) groups is 2. The van der Waals surface area contributed by atoms with Crippen LogP contribution >= 0.6 is 0 Å². The Labute approximate surface area is 136 Å². The topological polar surface area (TPSA) is 55.6 Å². The van der Waals surface area contributed by atoms with Gasteiger partial charge in [-0.1, -0.05) is 43.7 Å². The van der Waals surface area contributed by atoms with E-state index >= 15 is 0 Å². The van der Waals surface area contributed by atoms with Crippen LogP contribution in [-0.2, 0) is 19.1 Å². The molecule has 1 aliphatic heterocycles. The first kappa shape index (κ1) is 16.9. The number of benzene rings is 1. The Balaban J connectivity index is 2.02. The zero-order chi connectivity index (χ0) is 16.5. The Kier molecular flexibility index (Phi) is 6.54. The maximum atomic E-state index is 12.3. The van der Waals surface area contributed by atoms with Gasteiger partial charge in [0.15, 0.2) is 6.20 Å². The molecule has 0 bridgehead atoms. The highest BCUT2D eigenvalue weighted by atomic mass is 16.6. The molecule has 1 aromatic carbocycles. The molecule has 0 spiro atoms. The van der Waals surface area contributed by atoms with E-state index in [0.29, 0.717) is 12.2 Å². The fourth-order valence-electron chi connectivity index (χ4n) is 2.16. The summed E-state index contributed by atoms with van der Waals surface area (Å²) in [6.45, 7) is 2.43. The first-order chi connectivity index (χ1) is 11.2. The lowest BCUT2D eigenvalue weighted by Gasteiger charge is -2.16. The standard InChI is InChI=1S/C18H22NO4/c1-2-3-13-22-18(21)17(15-9-5-4-6-10-15)23-16(20)14-19-11-7-8-12-19/h4-7,9-12,17H,2-3,8,13-14H2,1H3/q+1. The molecule has 0 saturated heterocycles. The summed E-state index contributed by atoms with van der Waals surface area (Å²) in [5.41, 5.74) is 0.614. The van der Waals surface area contributed by atoms with Crippen LogP contribution in [0, 0.1) is 0 Å². The van der Waals surface area contributed by atoms with E-state index in [1.165, 1.54) is 0 Å². The number of allylic oxidation sites excluding steroid dienone is 1. The van der Waals surface area contributed by atoms with Crippen molar-refractivity contribution in [3.05, 3.63) is 48.2 Å². The van der Waals surface area contributed by atoms with Crippen LogP contribution in [-0.4, -0.2) is 35.9 Å². The molecule has 1 heterocycles. The number of hydrogen-bond donors (Lipinski definition) is 0. The molecule has 0 saturated carbocycles. The van der Waals surface area contributed by atoms with Gasteiger partial charge >= 0.3 is 11.9 Å². The number of esters is 2. The Bertz CT molecular complexity index is 592. The van der Waals surface area contributed by atoms with Crippen LogP contribution in [0.5, 0.6) is 0 Å². The minimum atomic E-state index is -1.02. The van der Waals surface area contributed by atoms with E-state index < -0.39 is 18.0 Å². The molecule has 1 aliphatic rings. The van der Waals surface area contributed by atoms with Crippen LogP contribution in [0.2, 0.25) is 0 Å². The van der Waals surface area contributed by atoms with E-state index in [0.717, 1.165) is 19.3 Å². The molecule has 1 atom stereocenters. The number of rotatable bonds is 8. The molecule has 0 aliphatic carbocycles. The van der Waals surface area contributed by atoms with Crippen LogP contribution in [0.25, 0.3) is 0 Å². The van der Waals surface area contributed by atoms with Gasteiger partial charge in [0, 0.05) is 12.0 Å². The van der Waals surface area contributed by atoms with Gasteiger partial charge in [-0.25, -0.2) is 9.59 Å². The lowest BCUT2D eigenvalue weighted by molar-refractivity contribution is -0.440. The Hall–Kier alpha value is -2.43. The molecule has 1 unspecified atom stereocenters. The lowest BCUT2D eigenvalue weighted by Crippen LogP contribution is -2.26. The van der Waals surface area contributed by atoms with Crippen molar-refractivity contribution in [2.75, 3.05) is 13.2 Å². The van der Waals surface area contributed by atoms with Gasteiger partial charge in [0.05, 0.1) is 6.61 Å². The van der Waals surface area contributed by atoms with E-state index in [1.54, 1.807) is 28.8 Å². The summed E-state index contributed by atoms with van der Waals surface area (Å²) < 4.78 is 12.3. The van der Waals surface area contributed by atoms with Crippen molar-refractivity contribution < 1.29 is 23.6 Å². The number of unbranched alkanes of at least 4 members (excludes halogenated alkanes) is 1. The third kappa shape index (κ3) is 5.36. The predicted molar refractivity (Wildman–Crippen MR) is 86.1 cm³/mol. The van der Waals surface area contributed by atoms with E-state index in [2.05, 4.69) is 0 Å². The third-order valence-corrected chi connectivity index (χ3v) is 3.39.